The van der Waals surface area contributed by atoms with E-state index < -0.39 is 0 Å². The third kappa shape index (κ3) is 5.65. The summed E-state index contributed by atoms with van der Waals surface area (Å²) in [5.74, 6) is 1.48. The molecule has 0 fully saturated rings. The number of rotatable bonds is 8. The molecule has 0 aliphatic heterocycles. The molecule has 2 unspecified atom stereocenters. The van der Waals surface area contributed by atoms with Gasteiger partial charge in [0.05, 0.1) is 0 Å². The summed E-state index contributed by atoms with van der Waals surface area (Å²) < 4.78 is 1.45. The van der Waals surface area contributed by atoms with Crippen molar-refractivity contribution in [1.29, 1.82) is 0 Å². The molecule has 1 heteroatoms. The molecule has 0 aromatic heterocycles. The van der Waals surface area contributed by atoms with Crippen molar-refractivity contribution >= 4 is 49.0 Å². The van der Waals surface area contributed by atoms with E-state index in [4.69, 9.17) is 0 Å². The van der Waals surface area contributed by atoms with E-state index in [9.17, 15) is 0 Å². The van der Waals surface area contributed by atoms with E-state index in [1.165, 1.54) is 31.8 Å². The SMILES string of the molecule is CCC(CCC(C[CH2][K])c1ccccc1)c1ccccc1. The molecule has 0 nitrogen and oxygen atoms in total. The summed E-state index contributed by atoms with van der Waals surface area (Å²) in [7, 11) is 0. The second kappa shape index (κ2) is 9.97. The number of benzene rings is 2. The molecule has 0 aliphatic rings. The first-order valence-electron chi connectivity index (χ1n) is 8.45. The third-order valence-corrected chi connectivity index (χ3v) is 5.44. The van der Waals surface area contributed by atoms with Crippen LogP contribution in [0.5, 0.6) is 0 Å². The van der Waals surface area contributed by atoms with Crippen molar-refractivity contribution in [2.45, 2.75) is 45.0 Å². The summed E-state index contributed by atoms with van der Waals surface area (Å²) in [6.07, 6.45) is 5.27. The van der Waals surface area contributed by atoms with Crippen molar-refractivity contribution in [2.24, 2.45) is 0 Å². The maximum absolute atomic E-state index is 2.32. The van der Waals surface area contributed by atoms with Crippen LogP contribution < -0.4 is 0 Å². The van der Waals surface area contributed by atoms with Gasteiger partial charge >= 0.3 is 166 Å². The predicted octanol–water partition coefficient (Wildman–Crippen LogP) is 5.72. The maximum atomic E-state index is 2.32. The second-order valence-corrected chi connectivity index (χ2v) is 7.55. The summed E-state index contributed by atoms with van der Waals surface area (Å²) in [6, 6.07) is 22.2. The Morgan fingerprint density at radius 3 is 1.67 bits per heavy atom. The number of hydrogen-bond acceptors (Lipinski definition) is 0. The molecule has 0 saturated heterocycles. The zero-order chi connectivity index (χ0) is 14.9. The molecule has 0 aliphatic carbocycles. The van der Waals surface area contributed by atoms with Crippen molar-refractivity contribution < 1.29 is 0 Å². The van der Waals surface area contributed by atoms with Gasteiger partial charge in [0.15, 0.2) is 0 Å². The molecule has 2 aromatic carbocycles. The standard InChI is InChI=1S/C20H25.K/c1-3-17(19-11-7-5-8-12-19)15-16-18(4-2)20-13-9-6-10-14-20;/h5-14,17-18H,1,3-4,15-16H2,2H3;. The Balaban J connectivity index is 2.01. The minimum absolute atomic E-state index is 0.718. The van der Waals surface area contributed by atoms with Crippen LogP contribution >= 0.6 is 0 Å². The Morgan fingerprint density at radius 2 is 1.19 bits per heavy atom. The van der Waals surface area contributed by atoms with Crippen LogP contribution in [0, 0.1) is 0 Å². The van der Waals surface area contributed by atoms with Crippen molar-refractivity contribution in [3.05, 3.63) is 71.8 Å². The summed E-state index contributed by atoms with van der Waals surface area (Å²) in [5.41, 5.74) is 3.06. The van der Waals surface area contributed by atoms with Crippen LogP contribution in [0.3, 0.4) is 0 Å². The third-order valence-electron chi connectivity index (χ3n) is 4.54. The van der Waals surface area contributed by atoms with Gasteiger partial charge in [-0.1, -0.05) is 0 Å². The van der Waals surface area contributed by atoms with E-state index in [1.807, 2.05) is 0 Å². The van der Waals surface area contributed by atoms with Crippen LogP contribution in [-0.2, 0) is 0 Å². The quantitative estimate of drug-likeness (QED) is 0.547. The van der Waals surface area contributed by atoms with Crippen molar-refractivity contribution in [1.82, 2.24) is 0 Å². The van der Waals surface area contributed by atoms with Gasteiger partial charge in [-0.2, -0.15) is 0 Å². The molecule has 0 bridgehead atoms. The molecule has 106 valence electrons. The first kappa shape index (κ1) is 17.4. The molecular formula is C20H25K. The van der Waals surface area contributed by atoms with Gasteiger partial charge in [0.2, 0.25) is 0 Å². The van der Waals surface area contributed by atoms with Gasteiger partial charge in [0, 0.05) is 0 Å². The van der Waals surface area contributed by atoms with E-state index in [-0.39, 0.29) is 0 Å². The molecule has 0 N–H and O–H groups in total. The van der Waals surface area contributed by atoms with Crippen LogP contribution in [0.2, 0.25) is 0.515 Å². The monoisotopic (exact) mass is 304 g/mol. The molecule has 0 saturated carbocycles. The van der Waals surface area contributed by atoms with Gasteiger partial charge in [-0.15, -0.1) is 0 Å². The van der Waals surface area contributed by atoms with Crippen LogP contribution in [0.1, 0.15) is 55.6 Å². The minimum atomic E-state index is 0.718. The summed E-state index contributed by atoms with van der Waals surface area (Å²) in [4.78, 5) is 0. The first-order valence-corrected chi connectivity index (χ1v) is 10.7. The molecule has 0 amide bonds. The van der Waals surface area contributed by atoms with Crippen LogP contribution in [0.4, 0.5) is 0 Å². The van der Waals surface area contributed by atoms with E-state index in [2.05, 4.69) is 67.6 Å². The van der Waals surface area contributed by atoms with Crippen molar-refractivity contribution in [3.63, 3.8) is 0 Å². The molecule has 21 heavy (non-hydrogen) atoms. The van der Waals surface area contributed by atoms with Crippen LogP contribution in [0.15, 0.2) is 60.7 Å². The Kier molecular flexibility index (Phi) is 8.27. The summed E-state index contributed by atoms with van der Waals surface area (Å²) in [5, 5.41) is 0. The molecule has 0 radical (unpaired) electrons. The first-order chi connectivity index (χ1) is 10.3. The van der Waals surface area contributed by atoms with Gasteiger partial charge in [0.25, 0.3) is 0 Å². The van der Waals surface area contributed by atoms with E-state index >= 15 is 0 Å². The predicted molar refractivity (Wildman–Crippen MR) is 93.1 cm³/mol. The van der Waals surface area contributed by atoms with Crippen molar-refractivity contribution in [3.8, 4) is 0 Å². The fraction of sp³-hybridized carbons (Fsp3) is 0.400. The average molecular weight is 305 g/mol. The second-order valence-electron chi connectivity index (χ2n) is 5.99. The summed E-state index contributed by atoms with van der Waals surface area (Å²) >= 11 is 0.976. The molecule has 2 atom stereocenters. The van der Waals surface area contributed by atoms with Crippen LogP contribution in [-0.4, -0.2) is 49.0 Å². The number of hydrogen-bond donors (Lipinski definition) is 0. The molecule has 2 aromatic rings. The van der Waals surface area contributed by atoms with E-state index in [0.29, 0.717) is 0 Å². The van der Waals surface area contributed by atoms with Gasteiger partial charge in [-0.05, 0) is 0 Å². The van der Waals surface area contributed by atoms with Gasteiger partial charge in [-0.25, -0.2) is 0 Å². The fourth-order valence-corrected chi connectivity index (χ4v) is 4.37. The van der Waals surface area contributed by atoms with E-state index in [0.717, 1.165) is 60.8 Å². The Morgan fingerprint density at radius 1 is 0.714 bits per heavy atom. The van der Waals surface area contributed by atoms with Gasteiger partial charge < -0.3 is 0 Å². The topological polar surface area (TPSA) is 0 Å². The van der Waals surface area contributed by atoms with Gasteiger partial charge in [0.1, 0.15) is 0 Å². The van der Waals surface area contributed by atoms with Crippen molar-refractivity contribution in [2.75, 3.05) is 0 Å². The zero-order valence-corrected chi connectivity index (χ0v) is 16.6. The van der Waals surface area contributed by atoms with E-state index in [1.54, 1.807) is 5.56 Å². The normalized spacial score (nSPS) is 13.9. The van der Waals surface area contributed by atoms with Gasteiger partial charge in [-0.3, -0.25) is 0 Å². The molecule has 0 heterocycles. The summed E-state index contributed by atoms with van der Waals surface area (Å²) in [6.45, 7) is 2.32. The Bertz CT molecular complexity index is 492. The Labute approximate surface area is 163 Å². The van der Waals surface area contributed by atoms with Crippen LogP contribution in [0.25, 0.3) is 0 Å². The molecule has 0 spiro atoms. The molecule has 2 rings (SSSR count). The average Bonchev–Trinajstić information content (AvgIpc) is 2.56. The molecular weight excluding hydrogens is 279 g/mol. The Hall–Kier alpha value is 0.0764. The zero-order valence-electron chi connectivity index (χ0n) is 13.5. The fourth-order valence-electron chi connectivity index (χ4n) is 3.29.